The molecule has 1 amide bonds. The molecule has 198 valence electrons. The topological polar surface area (TPSA) is 111 Å². The van der Waals surface area contributed by atoms with Crippen molar-refractivity contribution in [1.29, 1.82) is 0 Å². The van der Waals surface area contributed by atoms with Crippen molar-refractivity contribution < 1.29 is 14.1 Å². The first-order chi connectivity index (χ1) is 18.2. The van der Waals surface area contributed by atoms with Crippen molar-refractivity contribution in [2.75, 3.05) is 30.5 Å². The fourth-order valence-corrected chi connectivity index (χ4v) is 4.43. The van der Waals surface area contributed by atoms with Crippen molar-refractivity contribution in [2.24, 2.45) is 0 Å². The summed E-state index contributed by atoms with van der Waals surface area (Å²) in [4.78, 5) is 19.7. The highest BCUT2D eigenvalue weighted by Gasteiger charge is 2.22. The second kappa shape index (κ2) is 10.4. The maximum atomic E-state index is 13.0. The Labute approximate surface area is 222 Å². The molecule has 1 aliphatic rings. The predicted octanol–water partition coefficient (Wildman–Crippen LogP) is 4.79. The SMILES string of the molecule is Cc1ccc(C(=O)Nc2cc(C(C)(C)C)on2)cc1-n1cc(-c2cncc(N(C)C3CCOCC3)c2)nn1. The molecule has 1 fully saturated rings. The highest BCUT2D eigenvalue weighted by Crippen LogP contribution is 2.27. The van der Waals surface area contributed by atoms with E-state index in [1.54, 1.807) is 29.1 Å². The average molecular weight is 516 g/mol. The van der Waals surface area contributed by atoms with E-state index in [4.69, 9.17) is 9.26 Å². The molecule has 0 aliphatic carbocycles. The second-order valence-electron chi connectivity index (χ2n) is 10.7. The summed E-state index contributed by atoms with van der Waals surface area (Å²) in [5, 5.41) is 15.5. The van der Waals surface area contributed by atoms with E-state index in [9.17, 15) is 4.79 Å². The van der Waals surface area contributed by atoms with Crippen molar-refractivity contribution in [3.8, 4) is 16.9 Å². The van der Waals surface area contributed by atoms with Gasteiger partial charge in [0.1, 0.15) is 11.5 Å². The first-order valence-corrected chi connectivity index (χ1v) is 12.8. The Balaban J connectivity index is 1.35. The molecule has 3 aromatic heterocycles. The zero-order valence-electron chi connectivity index (χ0n) is 22.4. The summed E-state index contributed by atoms with van der Waals surface area (Å²) in [6.45, 7) is 9.60. The van der Waals surface area contributed by atoms with Gasteiger partial charge in [-0.3, -0.25) is 9.78 Å². The van der Waals surface area contributed by atoms with Gasteiger partial charge in [0.05, 0.1) is 23.8 Å². The van der Waals surface area contributed by atoms with Crippen LogP contribution in [-0.4, -0.2) is 57.3 Å². The molecule has 1 N–H and O–H groups in total. The average Bonchev–Trinajstić information content (AvgIpc) is 3.59. The molecule has 5 rings (SSSR count). The lowest BCUT2D eigenvalue weighted by Gasteiger charge is -2.32. The molecular weight excluding hydrogens is 482 g/mol. The van der Waals surface area contributed by atoms with Gasteiger partial charge in [0, 0.05) is 55.1 Å². The van der Waals surface area contributed by atoms with Gasteiger partial charge in [0.15, 0.2) is 5.82 Å². The normalized spacial score (nSPS) is 14.4. The summed E-state index contributed by atoms with van der Waals surface area (Å²) in [5.74, 6) is 0.793. The third-order valence-electron chi connectivity index (χ3n) is 6.87. The Hall–Kier alpha value is -4.05. The van der Waals surface area contributed by atoms with E-state index < -0.39 is 0 Å². The van der Waals surface area contributed by atoms with E-state index in [-0.39, 0.29) is 11.3 Å². The summed E-state index contributed by atoms with van der Waals surface area (Å²) in [7, 11) is 2.09. The lowest BCUT2D eigenvalue weighted by molar-refractivity contribution is 0.0855. The van der Waals surface area contributed by atoms with Gasteiger partial charge in [-0.2, -0.15) is 0 Å². The number of aryl methyl sites for hydroxylation is 1. The van der Waals surface area contributed by atoms with Crippen LogP contribution >= 0.6 is 0 Å². The minimum absolute atomic E-state index is 0.201. The maximum Gasteiger partial charge on any atom is 0.256 e. The molecule has 0 unspecified atom stereocenters. The number of hydrogen-bond donors (Lipinski definition) is 1. The summed E-state index contributed by atoms with van der Waals surface area (Å²) >= 11 is 0. The van der Waals surface area contributed by atoms with Crippen molar-refractivity contribution in [1.82, 2.24) is 25.1 Å². The van der Waals surface area contributed by atoms with Gasteiger partial charge in [-0.25, -0.2) is 4.68 Å². The van der Waals surface area contributed by atoms with Crippen LogP contribution in [-0.2, 0) is 10.2 Å². The molecule has 0 atom stereocenters. The number of amides is 1. The van der Waals surface area contributed by atoms with Crippen LogP contribution in [0.15, 0.2) is 53.4 Å². The number of hydrogen-bond acceptors (Lipinski definition) is 8. The van der Waals surface area contributed by atoms with Crippen LogP contribution in [0.5, 0.6) is 0 Å². The van der Waals surface area contributed by atoms with Crippen molar-refractivity contribution in [2.45, 2.75) is 52.0 Å². The van der Waals surface area contributed by atoms with Crippen LogP contribution in [0.25, 0.3) is 16.9 Å². The van der Waals surface area contributed by atoms with E-state index in [1.165, 1.54) is 0 Å². The number of carbonyl (C=O) groups is 1. The fraction of sp³-hybridized carbons (Fsp3) is 0.393. The van der Waals surface area contributed by atoms with Gasteiger partial charge >= 0.3 is 0 Å². The number of aromatic nitrogens is 5. The van der Waals surface area contributed by atoms with Crippen LogP contribution in [0.3, 0.4) is 0 Å². The number of benzene rings is 1. The zero-order chi connectivity index (χ0) is 26.9. The molecule has 0 radical (unpaired) electrons. The quantitative estimate of drug-likeness (QED) is 0.390. The molecule has 38 heavy (non-hydrogen) atoms. The lowest BCUT2D eigenvalue weighted by atomic mass is 9.93. The molecule has 0 spiro atoms. The van der Waals surface area contributed by atoms with E-state index in [1.807, 2.05) is 46.2 Å². The van der Waals surface area contributed by atoms with Gasteiger partial charge < -0.3 is 19.5 Å². The number of rotatable bonds is 6. The molecule has 0 bridgehead atoms. The molecule has 10 heteroatoms. The molecule has 1 saturated heterocycles. The summed E-state index contributed by atoms with van der Waals surface area (Å²) in [6.07, 6.45) is 7.50. The van der Waals surface area contributed by atoms with Crippen LogP contribution in [0, 0.1) is 6.92 Å². The highest BCUT2D eigenvalue weighted by atomic mass is 16.5. The number of pyridine rings is 1. The van der Waals surface area contributed by atoms with Gasteiger partial charge in [0.25, 0.3) is 5.91 Å². The Kier molecular flexibility index (Phi) is 6.98. The molecule has 4 aromatic rings. The fourth-order valence-electron chi connectivity index (χ4n) is 4.43. The minimum Gasteiger partial charge on any atom is -0.381 e. The molecule has 10 nitrogen and oxygen atoms in total. The van der Waals surface area contributed by atoms with E-state index >= 15 is 0 Å². The van der Waals surface area contributed by atoms with Crippen LogP contribution in [0.1, 0.15) is 55.3 Å². The summed E-state index contributed by atoms with van der Waals surface area (Å²) in [6, 6.07) is 9.71. The van der Waals surface area contributed by atoms with Crippen LogP contribution in [0.4, 0.5) is 11.5 Å². The summed E-state index contributed by atoms with van der Waals surface area (Å²) in [5.41, 5.74) is 4.60. The van der Waals surface area contributed by atoms with Gasteiger partial charge in [-0.15, -0.1) is 5.10 Å². The Morgan fingerprint density at radius 3 is 2.66 bits per heavy atom. The number of nitrogens with zero attached hydrogens (tertiary/aromatic N) is 6. The number of ether oxygens (including phenoxy) is 1. The van der Waals surface area contributed by atoms with E-state index in [0.29, 0.717) is 28.9 Å². The van der Waals surface area contributed by atoms with Crippen LogP contribution < -0.4 is 10.2 Å². The first kappa shape index (κ1) is 25.6. The first-order valence-electron chi connectivity index (χ1n) is 12.8. The lowest BCUT2D eigenvalue weighted by Crippen LogP contribution is -2.36. The molecule has 1 aromatic carbocycles. The third kappa shape index (κ3) is 5.45. The highest BCUT2D eigenvalue weighted by molar-refractivity contribution is 6.04. The predicted molar refractivity (Wildman–Crippen MR) is 145 cm³/mol. The maximum absolute atomic E-state index is 13.0. The Morgan fingerprint density at radius 2 is 1.92 bits per heavy atom. The van der Waals surface area contributed by atoms with Gasteiger partial charge in [-0.1, -0.05) is 37.2 Å². The monoisotopic (exact) mass is 515 g/mol. The standard InChI is InChI=1S/C28H33N7O3/c1-18-6-7-19(27(36)30-26-14-25(38-32-26)28(2,3)4)13-24(18)35-17-23(31-33-35)20-12-22(16-29-15-20)34(5)21-8-10-37-11-9-21/h6-7,12-17,21H,8-11H2,1-5H3,(H,30,32,36). The Bertz CT molecular complexity index is 1430. The second-order valence-corrected chi connectivity index (χ2v) is 10.7. The largest absolute Gasteiger partial charge is 0.381 e. The van der Waals surface area contributed by atoms with Gasteiger partial charge in [-0.05, 0) is 43.5 Å². The number of carbonyl (C=O) groups excluding carboxylic acids is 1. The molecule has 1 aliphatic heterocycles. The zero-order valence-corrected chi connectivity index (χ0v) is 22.4. The summed E-state index contributed by atoms with van der Waals surface area (Å²) < 4.78 is 12.6. The van der Waals surface area contributed by atoms with Crippen molar-refractivity contribution in [3.63, 3.8) is 0 Å². The van der Waals surface area contributed by atoms with Gasteiger partial charge in [0.2, 0.25) is 0 Å². The minimum atomic E-state index is -0.284. The third-order valence-corrected chi connectivity index (χ3v) is 6.87. The Morgan fingerprint density at radius 1 is 1.13 bits per heavy atom. The molecule has 0 saturated carbocycles. The molecular formula is C28H33N7O3. The molecule has 4 heterocycles. The van der Waals surface area contributed by atoms with E-state index in [0.717, 1.165) is 48.6 Å². The number of nitrogens with one attached hydrogen (secondary N) is 1. The smallest absolute Gasteiger partial charge is 0.256 e. The van der Waals surface area contributed by atoms with Crippen molar-refractivity contribution in [3.05, 3.63) is 65.8 Å². The van der Waals surface area contributed by atoms with Crippen LogP contribution in [0.2, 0.25) is 0 Å². The van der Waals surface area contributed by atoms with Crippen molar-refractivity contribution >= 4 is 17.4 Å². The number of anilines is 2. The van der Waals surface area contributed by atoms with E-state index in [2.05, 4.69) is 43.8 Å².